The van der Waals surface area contributed by atoms with Crippen LogP contribution in [0.25, 0.3) is 0 Å². The molecule has 0 bridgehead atoms. The van der Waals surface area contributed by atoms with Gasteiger partial charge in [0.25, 0.3) is 0 Å². The van der Waals surface area contributed by atoms with E-state index in [1.807, 2.05) is 0 Å². The van der Waals surface area contributed by atoms with Crippen LogP contribution in [0.5, 0.6) is 0 Å². The molecule has 0 aromatic heterocycles. The highest BCUT2D eigenvalue weighted by Gasteiger charge is 2.39. The van der Waals surface area contributed by atoms with Crippen molar-refractivity contribution >= 4 is 0 Å². The summed E-state index contributed by atoms with van der Waals surface area (Å²) >= 11 is 0. The highest BCUT2D eigenvalue weighted by Crippen LogP contribution is 2.52. The van der Waals surface area contributed by atoms with Crippen molar-refractivity contribution < 1.29 is 0 Å². The maximum absolute atomic E-state index is 4.39. The molecule has 0 radical (unpaired) electrons. The fourth-order valence-electron chi connectivity index (χ4n) is 4.10. The molecule has 29 heavy (non-hydrogen) atoms. The molecule has 0 aromatic rings. The molecular formula is C27H44N2. The van der Waals surface area contributed by atoms with Gasteiger partial charge >= 0.3 is 0 Å². The van der Waals surface area contributed by atoms with Crippen LogP contribution in [0, 0.1) is 5.41 Å². The van der Waals surface area contributed by atoms with Crippen LogP contribution in [-0.4, -0.2) is 43.0 Å². The van der Waals surface area contributed by atoms with Gasteiger partial charge in [-0.05, 0) is 74.8 Å². The minimum absolute atomic E-state index is 0.714. The average molecular weight is 397 g/mol. The Labute approximate surface area is 180 Å². The Morgan fingerprint density at radius 3 is 2.45 bits per heavy atom. The lowest BCUT2D eigenvalue weighted by atomic mass is 9.94. The van der Waals surface area contributed by atoms with Crippen LogP contribution >= 0.6 is 0 Å². The third kappa shape index (κ3) is 8.03. The van der Waals surface area contributed by atoms with Gasteiger partial charge in [-0.2, -0.15) is 0 Å². The van der Waals surface area contributed by atoms with Crippen molar-refractivity contribution in [3.05, 3.63) is 53.5 Å². The lowest BCUT2D eigenvalue weighted by molar-refractivity contribution is 0.253. The van der Waals surface area contributed by atoms with Crippen molar-refractivity contribution in [2.45, 2.75) is 78.6 Å². The standard InChI is InChI=1S/C27H44N2/c1-6-9-20-29(8-3)22-21-28(5)26-16-11-10-15-25(23-26)24(4)14-12-13-17-27(7-2)18-19-27/h10-11,15-16H,4,6-9,12-14,17-22H2,1-3,5H3. The van der Waals surface area contributed by atoms with Crippen molar-refractivity contribution in [1.29, 1.82) is 0 Å². The molecule has 0 saturated heterocycles. The average Bonchev–Trinajstić information content (AvgIpc) is 3.54. The van der Waals surface area contributed by atoms with E-state index >= 15 is 0 Å². The van der Waals surface area contributed by atoms with E-state index in [0.29, 0.717) is 5.41 Å². The molecule has 0 heterocycles. The fraction of sp³-hybridized carbons (Fsp3) is 0.667. The molecule has 2 nitrogen and oxygen atoms in total. The van der Waals surface area contributed by atoms with Gasteiger partial charge in [0, 0.05) is 25.7 Å². The van der Waals surface area contributed by atoms with E-state index in [9.17, 15) is 0 Å². The van der Waals surface area contributed by atoms with E-state index in [2.05, 4.69) is 74.2 Å². The van der Waals surface area contributed by atoms with Gasteiger partial charge in [-0.15, -0.1) is 0 Å². The van der Waals surface area contributed by atoms with Crippen molar-refractivity contribution in [3.63, 3.8) is 0 Å². The van der Waals surface area contributed by atoms with Crippen LogP contribution in [0.3, 0.4) is 0 Å². The first-order valence-electron chi connectivity index (χ1n) is 12.0. The van der Waals surface area contributed by atoms with E-state index < -0.39 is 0 Å². The number of rotatable bonds is 15. The van der Waals surface area contributed by atoms with E-state index in [-0.39, 0.29) is 0 Å². The monoisotopic (exact) mass is 396 g/mol. The molecule has 0 aliphatic heterocycles. The minimum atomic E-state index is 0.714. The highest BCUT2D eigenvalue weighted by molar-refractivity contribution is 5.43. The van der Waals surface area contributed by atoms with Crippen molar-refractivity contribution in [1.82, 2.24) is 9.80 Å². The first-order valence-corrected chi connectivity index (χ1v) is 12.0. The molecular weight excluding hydrogens is 352 g/mol. The second kappa shape index (κ2) is 12.3. The van der Waals surface area contributed by atoms with Crippen molar-refractivity contribution in [2.24, 2.45) is 5.41 Å². The Kier molecular flexibility index (Phi) is 10.0. The third-order valence-corrected chi connectivity index (χ3v) is 6.85. The van der Waals surface area contributed by atoms with Gasteiger partial charge in [0.2, 0.25) is 0 Å². The summed E-state index contributed by atoms with van der Waals surface area (Å²) in [4.78, 5) is 4.88. The SMILES string of the molecule is C=C(CCCCC1(CC)CC1)C1=C=C(N(C)CCN(CC)CCCC)C=CC=C1. The van der Waals surface area contributed by atoms with Crippen LogP contribution in [0.4, 0.5) is 0 Å². The predicted molar refractivity (Wildman–Crippen MR) is 128 cm³/mol. The Morgan fingerprint density at radius 2 is 1.79 bits per heavy atom. The summed E-state index contributed by atoms with van der Waals surface area (Å²) in [7, 11) is 2.19. The normalized spacial score (nSPS) is 17.1. The molecule has 0 N–H and O–H groups in total. The topological polar surface area (TPSA) is 6.48 Å². The largest absolute Gasteiger partial charge is 0.367 e. The first kappa shape index (κ1) is 23.8. The molecule has 0 amide bonds. The van der Waals surface area contributed by atoms with E-state index in [0.717, 1.165) is 26.1 Å². The highest BCUT2D eigenvalue weighted by atomic mass is 15.2. The van der Waals surface area contributed by atoms with Crippen LogP contribution < -0.4 is 0 Å². The molecule has 1 fully saturated rings. The van der Waals surface area contributed by atoms with Crippen LogP contribution in [-0.2, 0) is 0 Å². The summed E-state index contributed by atoms with van der Waals surface area (Å²) in [5, 5.41) is 0. The number of unbranched alkanes of at least 4 members (excludes halogenated alkanes) is 2. The summed E-state index contributed by atoms with van der Waals surface area (Å²) in [5.74, 6) is 0. The lowest BCUT2D eigenvalue weighted by Gasteiger charge is -2.25. The number of allylic oxidation sites excluding steroid dienone is 5. The molecule has 162 valence electrons. The van der Waals surface area contributed by atoms with Gasteiger partial charge in [-0.25, -0.2) is 0 Å². The molecule has 0 atom stereocenters. The van der Waals surface area contributed by atoms with Crippen LogP contribution in [0.2, 0.25) is 0 Å². The van der Waals surface area contributed by atoms with Gasteiger partial charge in [0.05, 0.1) is 5.70 Å². The summed E-state index contributed by atoms with van der Waals surface area (Å²) in [6.07, 6.45) is 20.5. The zero-order valence-electron chi connectivity index (χ0n) is 19.6. The van der Waals surface area contributed by atoms with E-state index in [4.69, 9.17) is 0 Å². The molecule has 0 spiro atoms. The van der Waals surface area contributed by atoms with Crippen LogP contribution in [0.1, 0.15) is 78.6 Å². The number of nitrogens with zero attached hydrogens (tertiary/aromatic N) is 2. The lowest BCUT2D eigenvalue weighted by Crippen LogP contribution is -2.33. The fourth-order valence-corrected chi connectivity index (χ4v) is 4.10. The van der Waals surface area contributed by atoms with E-state index in [1.54, 1.807) is 0 Å². The second-order valence-corrected chi connectivity index (χ2v) is 9.02. The van der Waals surface area contributed by atoms with Gasteiger partial charge in [0.1, 0.15) is 0 Å². The number of hydrogen-bond acceptors (Lipinski definition) is 2. The Balaban J connectivity index is 1.88. The molecule has 2 aliphatic carbocycles. The summed E-state index contributed by atoms with van der Waals surface area (Å²) in [6, 6.07) is 0. The number of likely N-dealkylation sites (N-methyl/N-ethyl adjacent to an activating group) is 2. The molecule has 0 unspecified atom stereocenters. The first-order chi connectivity index (χ1) is 14.0. The Bertz CT molecular complexity index is 641. The summed E-state index contributed by atoms with van der Waals surface area (Å²) < 4.78 is 0. The maximum Gasteiger partial charge on any atom is 0.0803 e. The van der Waals surface area contributed by atoms with Gasteiger partial charge in [0.15, 0.2) is 0 Å². The molecule has 2 heteroatoms. The van der Waals surface area contributed by atoms with Crippen LogP contribution in [0.15, 0.2) is 53.5 Å². The third-order valence-electron chi connectivity index (χ3n) is 6.85. The predicted octanol–water partition coefficient (Wildman–Crippen LogP) is 6.88. The van der Waals surface area contributed by atoms with Crippen molar-refractivity contribution in [2.75, 3.05) is 33.2 Å². The smallest absolute Gasteiger partial charge is 0.0803 e. The van der Waals surface area contributed by atoms with Crippen molar-refractivity contribution in [3.8, 4) is 0 Å². The summed E-state index contributed by atoms with van der Waals surface area (Å²) in [5.41, 5.74) is 7.93. The molecule has 2 aliphatic rings. The zero-order valence-corrected chi connectivity index (χ0v) is 19.6. The molecule has 1 saturated carbocycles. The van der Waals surface area contributed by atoms with Gasteiger partial charge in [-0.3, -0.25) is 0 Å². The quantitative estimate of drug-likeness (QED) is 0.220. The number of hydrogen-bond donors (Lipinski definition) is 0. The summed E-state index contributed by atoms with van der Waals surface area (Å²) in [6.45, 7) is 15.7. The second-order valence-electron chi connectivity index (χ2n) is 9.02. The zero-order chi connectivity index (χ0) is 21.1. The molecule has 2 rings (SSSR count). The maximum atomic E-state index is 4.39. The Hall–Kier alpha value is -1.50. The molecule has 0 aromatic carbocycles. The van der Waals surface area contributed by atoms with E-state index in [1.165, 1.54) is 74.8 Å². The Morgan fingerprint density at radius 1 is 1.03 bits per heavy atom. The minimum Gasteiger partial charge on any atom is -0.367 e. The van der Waals surface area contributed by atoms with Gasteiger partial charge < -0.3 is 9.80 Å². The van der Waals surface area contributed by atoms with Gasteiger partial charge in [-0.1, -0.05) is 64.5 Å².